The molecule has 3 rings (SSSR count). The molecule has 0 spiro atoms. The van der Waals surface area contributed by atoms with Crippen molar-refractivity contribution >= 4 is 7.49 Å². The van der Waals surface area contributed by atoms with Crippen LogP contribution in [0.15, 0.2) is 11.9 Å². The van der Waals surface area contributed by atoms with Crippen LogP contribution in [0.5, 0.6) is 0 Å². The minimum absolute atomic E-state index is 0.539. The second kappa shape index (κ2) is 0.936. The fourth-order valence-corrected chi connectivity index (χ4v) is 3.78. The van der Waals surface area contributed by atoms with Gasteiger partial charge in [0.15, 0.2) is 0 Å². The second-order valence-corrected chi connectivity index (χ2v) is 6.13. The summed E-state index contributed by atoms with van der Waals surface area (Å²) in [6, 6.07) is 0. The third-order valence-corrected chi connectivity index (χ3v) is 4.64. The van der Waals surface area contributed by atoms with Gasteiger partial charge in [0.05, 0.1) is 0 Å². The van der Waals surface area contributed by atoms with Gasteiger partial charge in [0.25, 0.3) is 0 Å². The van der Waals surface area contributed by atoms with Crippen molar-refractivity contribution in [2.45, 2.75) is 6.10 Å². The molecule has 3 heterocycles. The second-order valence-electron chi connectivity index (χ2n) is 2.53. The van der Waals surface area contributed by atoms with Crippen molar-refractivity contribution in [3.63, 3.8) is 0 Å². The van der Waals surface area contributed by atoms with Crippen LogP contribution >= 0.6 is 7.49 Å². The van der Waals surface area contributed by atoms with Gasteiger partial charge in [0, 0.05) is 0 Å². The van der Waals surface area contributed by atoms with Gasteiger partial charge in [0.2, 0.25) is 0 Å². The van der Waals surface area contributed by atoms with E-state index >= 15 is 0 Å². The molecule has 0 aromatic rings. The van der Waals surface area contributed by atoms with Crippen molar-refractivity contribution < 1.29 is 4.52 Å². The summed E-state index contributed by atoms with van der Waals surface area (Å²) < 4.78 is 5.47. The molecule has 3 aliphatic rings. The predicted octanol–water partition coefficient (Wildman–Crippen LogP) is 1.21. The van der Waals surface area contributed by atoms with Crippen molar-refractivity contribution in [3.05, 3.63) is 11.9 Å². The molecule has 2 bridgehead atoms. The Bertz CT molecular complexity index is 124. The van der Waals surface area contributed by atoms with Crippen molar-refractivity contribution in [2.24, 2.45) is 0 Å². The number of rotatable bonds is 0. The molecule has 0 aromatic carbocycles. The monoisotopic (exact) mass is 116 g/mol. The van der Waals surface area contributed by atoms with E-state index in [1.54, 1.807) is 0 Å². The molecule has 40 valence electrons. The number of hydrogen-bond acceptors (Lipinski definition) is 1. The zero-order valence-electron chi connectivity index (χ0n) is 4.35. The van der Waals surface area contributed by atoms with E-state index in [4.69, 9.17) is 4.52 Å². The Morgan fingerprint density at radius 1 is 1.86 bits per heavy atom. The summed E-state index contributed by atoms with van der Waals surface area (Å²) in [5, 5.41) is 0. The van der Waals surface area contributed by atoms with Crippen LogP contribution in [0.25, 0.3) is 0 Å². The zero-order valence-corrected chi connectivity index (χ0v) is 5.35. The molecule has 1 unspecified atom stereocenters. The van der Waals surface area contributed by atoms with Gasteiger partial charge >= 0.3 is 42.8 Å². The first-order valence-electron chi connectivity index (χ1n) is 2.66. The Labute approximate surface area is 43.8 Å². The van der Waals surface area contributed by atoms with Gasteiger partial charge in [-0.1, -0.05) is 0 Å². The Morgan fingerprint density at radius 3 is 2.71 bits per heavy atom. The summed E-state index contributed by atoms with van der Waals surface area (Å²) in [7, 11) is -1.08. The fraction of sp³-hybridized carbons (Fsp3) is 0.600. The topological polar surface area (TPSA) is 9.23 Å². The SMILES string of the molecule is C[PH]12C=CC(C1)O2. The fourth-order valence-electron chi connectivity index (χ4n) is 1.26. The van der Waals surface area contributed by atoms with Crippen molar-refractivity contribution in [2.75, 3.05) is 12.8 Å². The van der Waals surface area contributed by atoms with Crippen LogP contribution < -0.4 is 0 Å². The molecular weight excluding hydrogens is 107 g/mol. The van der Waals surface area contributed by atoms with Crippen LogP contribution in [0.1, 0.15) is 0 Å². The molecule has 3 aliphatic heterocycles. The third-order valence-electron chi connectivity index (χ3n) is 1.69. The van der Waals surface area contributed by atoms with Crippen LogP contribution in [-0.2, 0) is 4.52 Å². The molecule has 1 nitrogen and oxygen atoms in total. The van der Waals surface area contributed by atoms with Gasteiger partial charge in [-0.3, -0.25) is 0 Å². The average molecular weight is 116 g/mol. The van der Waals surface area contributed by atoms with Crippen molar-refractivity contribution in [3.8, 4) is 0 Å². The first-order chi connectivity index (χ1) is 3.29. The van der Waals surface area contributed by atoms with Gasteiger partial charge < -0.3 is 0 Å². The quantitative estimate of drug-likeness (QED) is 0.432. The summed E-state index contributed by atoms with van der Waals surface area (Å²) >= 11 is 0. The van der Waals surface area contributed by atoms with Crippen molar-refractivity contribution in [1.29, 1.82) is 0 Å². The molecular formula is C5H9OP. The van der Waals surface area contributed by atoms with E-state index in [-0.39, 0.29) is 0 Å². The molecule has 2 heteroatoms. The molecule has 1 saturated heterocycles. The Balaban J connectivity index is 2.33. The number of hydrogen-bond donors (Lipinski definition) is 0. The Morgan fingerprint density at radius 2 is 2.57 bits per heavy atom. The van der Waals surface area contributed by atoms with Gasteiger partial charge in [0.1, 0.15) is 0 Å². The Hall–Kier alpha value is 0.130. The van der Waals surface area contributed by atoms with Crippen LogP contribution in [0.4, 0.5) is 0 Å². The molecule has 0 radical (unpaired) electrons. The molecule has 0 amide bonds. The summed E-state index contributed by atoms with van der Waals surface area (Å²) in [5.74, 6) is 2.29. The van der Waals surface area contributed by atoms with Gasteiger partial charge in [-0.2, -0.15) is 0 Å². The first-order valence-corrected chi connectivity index (χ1v) is 5.35. The van der Waals surface area contributed by atoms with Gasteiger partial charge in [-0.05, 0) is 0 Å². The normalized spacial score (nSPS) is 45.6. The van der Waals surface area contributed by atoms with E-state index < -0.39 is 7.49 Å². The summed E-state index contributed by atoms with van der Waals surface area (Å²) in [4.78, 5) is 0. The van der Waals surface area contributed by atoms with Crippen LogP contribution in [0.3, 0.4) is 0 Å². The van der Waals surface area contributed by atoms with Crippen LogP contribution in [-0.4, -0.2) is 18.9 Å². The standard InChI is InChI=1S/C5H9OP/c1-7-3-2-5(4-7)6-7/h2-3,5,7H,4H2,1H3. The Kier molecular flexibility index (Phi) is 0.542. The van der Waals surface area contributed by atoms with E-state index in [1.807, 2.05) is 0 Å². The molecule has 0 N–H and O–H groups in total. The zero-order chi connectivity index (χ0) is 4.91. The molecule has 0 aliphatic carbocycles. The predicted molar refractivity (Wildman–Crippen MR) is 33.1 cm³/mol. The third kappa shape index (κ3) is 0.402. The van der Waals surface area contributed by atoms with Crippen LogP contribution in [0, 0.1) is 0 Å². The average Bonchev–Trinajstić information content (AvgIpc) is 1.88. The summed E-state index contributed by atoms with van der Waals surface area (Å²) in [6.07, 6.45) is 4.09. The van der Waals surface area contributed by atoms with Crippen LogP contribution in [0.2, 0.25) is 0 Å². The van der Waals surface area contributed by atoms with Gasteiger partial charge in [-0.15, -0.1) is 0 Å². The molecule has 7 heavy (non-hydrogen) atoms. The molecule has 1 fully saturated rings. The summed E-state index contributed by atoms with van der Waals surface area (Å²) in [6.45, 7) is 2.26. The molecule has 0 saturated carbocycles. The first kappa shape index (κ1) is 4.05. The van der Waals surface area contributed by atoms with Crippen molar-refractivity contribution in [1.82, 2.24) is 0 Å². The maximum atomic E-state index is 5.47. The van der Waals surface area contributed by atoms with E-state index in [2.05, 4.69) is 18.6 Å². The van der Waals surface area contributed by atoms with E-state index in [9.17, 15) is 0 Å². The molecule has 1 atom stereocenters. The van der Waals surface area contributed by atoms with E-state index in [0.29, 0.717) is 6.10 Å². The molecule has 0 aromatic heterocycles. The van der Waals surface area contributed by atoms with Gasteiger partial charge in [-0.25, -0.2) is 0 Å². The van der Waals surface area contributed by atoms with E-state index in [0.717, 1.165) is 0 Å². The minimum atomic E-state index is -1.08. The van der Waals surface area contributed by atoms with E-state index in [1.165, 1.54) is 6.16 Å². The summed E-state index contributed by atoms with van der Waals surface area (Å²) in [5.41, 5.74) is 0. The maximum absolute atomic E-state index is 5.47.